The first-order chi connectivity index (χ1) is 10.2. The Balaban J connectivity index is 2.72. The average molecular weight is 310 g/mol. The number of aliphatic hydroxyl groups is 1. The molecule has 0 saturated carbocycles. The summed E-state index contributed by atoms with van der Waals surface area (Å²) in [6.45, 7) is 6.64. The van der Waals surface area contributed by atoms with E-state index in [2.05, 4.69) is 10.6 Å². The van der Waals surface area contributed by atoms with Crippen LogP contribution in [0, 0.1) is 11.7 Å². The Bertz CT molecular complexity index is 517. The zero-order chi connectivity index (χ0) is 16.9. The number of amides is 2. The Labute approximate surface area is 129 Å². The van der Waals surface area contributed by atoms with Gasteiger partial charge in [0.05, 0.1) is 12.1 Å². The molecular formula is C16H23FN2O3. The monoisotopic (exact) mass is 310 g/mol. The predicted molar refractivity (Wildman–Crippen MR) is 81.4 cm³/mol. The standard InChI is InChI=1S/C16H23FN2O3/c1-9(2)14(19-11(4)20)16(22)18-10(3)15(21)12-5-7-13(17)8-6-12/h5-10,14-15,21H,1-4H3,(H,18,22)(H,19,20). The highest BCUT2D eigenvalue weighted by atomic mass is 19.1. The van der Waals surface area contributed by atoms with E-state index in [1.165, 1.54) is 31.2 Å². The summed E-state index contributed by atoms with van der Waals surface area (Å²) < 4.78 is 12.9. The van der Waals surface area contributed by atoms with Gasteiger partial charge in [-0.25, -0.2) is 4.39 Å². The third-order valence-electron chi connectivity index (χ3n) is 3.36. The molecular weight excluding hydrogens is 287 g/mol. The number of hydrogen-bond donors (Lipinski definition) is 3. The minimum atomic E-state index is -0.963. The van der Waals surface area contributed by atoms with Crippen molar-refractivity contribution in [2.45, 2.75) is 45.9 Å². The van der Waals surface area contributed by atoms with Gasteiger partial charge in [-0.2, -0.15) is 0 Å². The summed E-state index contributed by atoms with van der Waals surface area (Å²) in [5.41, 5.74) is 0.509. The molecule has 0 spiro atoms. The van der Waals surface area contributed by atoms with Crippen LogP contribution >= 0.6 is 0 Å². The van der Waals surface area contributed by atoms with Gasteiger partial charge in [-0.1, -0.05) is 26.0 Å². The summed E-state index contributed by atoms with van der Waals surface area (Å²) in [5, 5.41) is 15.5. The van der Waals surface area contributed by atoms with Crippen molar-refractivity contribution in [1.29, 1.82) is 0 Å². The number of nitrogens with one attached hydrogen (secondary N) is 2. The first kappa shape index (κ1) is 18.1. The lowest BCUT2D eigenvalue weighted by molar-refractivity contribution is -0.130. The maximum Gasteiger partial charge on any atom is 0.243 e. The van der Waals surface area contributed by atoms with Gasteiger partial charge >= 0.3 is 0 Å². The molecule has 5 nitrogen and oxygen atoms in total. The lowest BCUT2D eigenvalue weighted by Gasteiger charge is -2.26. The largest absolute Gasteiger partial charge is 0.386 e. The summed E-state index contributed by atoms with van der Waals surface area (Å²) in [6.07, 6.45) is -0.963. The van der Waals surface area contributed by atoms with Crippen LogP contribution in [-0.4, -0.2) is 29.0 Å². The lowest BCUT2D eigenvalue weighted by Crippen LogP contribution is -2.52. The predicted octanol–water partition coefficient (Wildman–Crippen LogP) is 1.52. The van der Waals surface area contributed by atoms with E-state index in [0.29, 0.717) is 5.56 Å². The van der Waals surface area contributed by atoms with E-state index in [1.807, 2.05) is 13.8 Å². The molecule has 0 fully saturated rings. The number of rotatable bonds is 6. The smallest absolute Gasteiger partial charge is 0.243 e. The SMILES string of the molecule is CC(=O)NC(C(=O)NC(C)C(O)c1ccc(F)cc1)C(C)C. The number of benzene rings is 1. The quantitative estimate of drug-likeness (QED) is 0.745. The molecule has 6 heteroatoms. The molecule has 0 radical (unpaired) electrons. The Hall–Kier alpha value is -1.95. The Morgan fingerprint density at radius 2 is 1.64 bits per heavy atom. The van der Waals surface area contributed by atoms with E-state index in [1.54, 1.807) is 6.92 Å². The fourth-order valence-electron chi connectivity index (χ4n) is 2.10. The normalized spacial score (nSPS) is 15.0. The number of carbonyl (C=O) groups is 2. The highest BCUT2D eigenvalue weighted by molar-refractivity contribution is 5.87. The molecule has 0 aliphatic rings. The summed E-state index contributed by atoms with van der Waals surface area (Å²) in [7, 11) is 0. The molecule has 3 unspecified atom stereocenters. The molecule has 0 heterocycles. The van der Waals surface area contributed by atoms with Gasteiger partial charge in [0, 0.05) is 6.92 Å². The topological polar surface area (TPSA) is 78.4 Å². The molecule has 22 heavy (non-hydrogen) atoms. The minimum absolute atomic E-state index is 0.0842. The maximum absolute atomic E-state index is 12.9. The van der Waals surface area contributed by atoms with Crippen LogP contribution in [0.3, 0.4) is 0 Å². The molecule has 3 atom stereocenters. The Morgan fingerprint density at radius 1 is 1.09 bits per heavy atom. The number of aliphatic hydroxyl groups excluding tert-OH is 1. The zero-order valence-electron chi connectivity index (χ0n) is 13.3. The fourth-order valence-corrected chi connectivity index (χ4v) is 2.10. The van der Waals surface area contributed by atoms with Crippen LogP contribution in [0.2, 0.25) is 0 Å². The van der Waals surface area contributed by atoms with Crippen LogP contribution < -0.4 is 10.6 Å². The fraction of sp³-hybridized carbons (Fsp3) is 0.500. The summed E-state index contributed by atoms with van der Waals surface area (Å²) in [6, 6.07) is 4.20. The van der Waals surface area contributed by atoms with Gasteiger partial charge in [-0.15, -0.1) is 0 Å². The molecule has 1 aromatic carbocycles. The van der Waals surface area contributed by atoms with Gasteiger partial charge in [-0.05, 0) is 30.5 Å². The summed E-state index contributed by atoms with van der Waals surface area (Å²) in [5.74, 6) is -1.13. The van der Waals surface area contributed by atoms with Crippen LogP contribution in [-0.2, 0) is 9.59 Å². The molecule has 0 saturated heterocycles. The van der Waals surface area contributed by atoms with Crippen molar-refractivity contribution in [3.8, 4) is 0 Å². The second-order valence-corrected chi connectivity index (χ2v) is 5.72. The van der Waals surface area contributed by atoms with E-state index in [0.717, 1.165) is 0 Å². The van der Waals surface area contributed by atoms with Crippen molar-refractivity contribution in [1.82, 2.24) is 10.6 Å². The number of carbonyl (C=O) groups excluding carboxylic acids is 2. The van der Waals surface area contributed by atoms with Crippen LogP contribution in [0.25, 0.3) is 0 Å². The minimum Gasteiger partial charge on any atom is -0.386 e. The van der Waals surface area contributed by atoms with Crippen LogP contribution in [0.15, 0.2) is 24.3 Å². The highest BCUT2D eigenvalue weighted by Gasteiger charge is 2.26. The summed E-state index contributed by atoms with van der Waals surface area (Å²) in [4.78, 5) is 23.4. The number of hydrogen-bond acceptors (Lipinski definition) is 3. The van der Waals surface area contributed by atoms with Crippen molar-refractivity contribution in [3.05, 3.63) is 35.6 Å². The third-order valence-corrected chi connectivity index (χ3v) is 3.36. The molecule has 0 bridgehead atoms. The van der Waals surface area contributed by atoms with Crippen molar-refractivity contribution >= 4 is 11.8 Å². The van der Waals surface area contributed by atoms with E-state index in [-0.39, 0.29) is 17.7 Å². The van der Waals surface area contributed by atoms with Gasteiger partial charge in [0.25, 0.3) is 0 Å². The first-order valence-corrected chi connectivity index (χ1v) is 7.23. The molecule has 122 valence electrons. The average Bonchev–Trinajstić information content (AvgIpc) is 2.44. The third kappa shape index (κ3) is 5.11. The van der Waals surface area contributed by atoms with Gasteiger partial charge in [-0.3, -0.25) is 9.59 Å². The van der Waals surface area contributed by atoms with Gasteiger partial charge in [0.15, 0.2) is 0 Å². The van der Waals surface area contributed by atoms with Crippen molar-refractivity contribution in [3.63, 3.8) is 0 Å². The van der Waals surface area contributed by atoms with E-state index < -0.39 is 24.0 Å². The highest BCUT2D eigenvalue weighted by Crippen LogP contribution is 2.17. The molecule has 1 rings (SSSR count). The van der Waals surface area contributed by atoms with Crippen LogP contribution in [0.4, 0.5) is 4.39 Å². The second-order valence-electron chi connectivity index (χ2n) is 5.72. The van der Waals surface area contributed by atoms with Crippen molar-refractivity contribution in [2.24, 2.45) is 5.92 Å². The maximum atomic E-state index is 12.9. The van der Waals surface area contributed by atoms with E-state index in [9.17, 15) is 19.1 Å². The van der Waals surface area contributed by atoms with Gasteiger partial charge in [0.1, 0.15) is 11.9 Å². The molecule has 1 aromatic rings. The first-order valence-electron chi connectivity index (χ1n) is 7.23. The second kappa shape index (κ2) is 7.89. The zero-order valence-corrected chi connectivity index (χ0v) is 13.3. The van der Waals surface area contributed by atoms with Gasteiger partial charge < -0.3 is 15.7 Å². The summed E-state index contributed by atoms with van der Waals surface area (Å²) >= 11 is 0. The molecule has 2 amide bonds. The molecule has 0 aromatic heterocycles. The van der Waals surface area contributed by atoms with Gasteiger partial charge in [0.2, 0.25) is 11.8 Å². The molecule has 3 N–H and O–H groups in total. The molecule has 0 aliphatic carbocycles. The number of halogens is 1. The van der Waals surface area contributed by atoms with Crippen LogP contribution in [0.1, 0.15) is 39.4 Å². The van der Waals surface area contributed by atoms with Crippen molar-refractivity contribution in [2.75, 3.05) is 0 Å². The Kier molecular flexibility index (Phi) is 6.49. The van der Waals surface area contributed by atoms with Crippen molar-refractivity contribution < 1.29 is 19.1 Å². The van der Waals surface area contributed by atoms with Crippen LogP contribution in [0.5, 0.6) is 0 Å². The van der Waals surface area contributed by atoms with E-state index in [4.69, 9.17) is 0 Å². The molecule has 0 aliphatic heterocycles. The Morgan fingerprint density at radius 3 is 2.09 bits per heavy atom. The lowest BCUT2D eigenvalue weighted by atomic mass is 10.0. The van der Waals surface area contributed by atoms with E-state index >= 15 is 0 Å².